The molecule has 0 aliphatic rings. The third-order valence-electron chi connectivity index (χ3n) is 2.13. The predicted molar refractivity (Wildman–Crippen MR) is 72.3 cm³/mol. The summed E-state index contributed by atoms with van der Waals surface area (Å²) in [6, 6.07) is 2.22. The average Bonchev–Trinajstić information content (AvgIpc) is 2.35. The van der Waals surface area contributed by atoms with Crippen LogP contribution in [0.3, 0.4) is 0 Å². The molecular formula is C10H5BrClFN4O3. The second-order valence-corrected chi connectivity index (χ2v) is 4.74. The molecule has 0 unspecified atom stereocenters. The van der Waals surface area contributed by atoms with Crippen molar-refractivity contribution in [1.29, 1.82) is 0 Å². The van der Waals surface area contributed by atoms with Gasteiger partial charge in [-0.15, -0.1) is 0 Å². The highest BCUT2D eigenvalue weighted by molar-refractivity contribution is 9.10. The van der Waals surface area contributed by atoms with Gasteiger partial charge in [0.1, 0.15) is 17.8 Å². The fourth-order valence-corrected chi connectivity index (χ4v) is 1.98. The van der Waals surface area contributed by atoms with E-state index in [1.54, 1.807) is 0 Å². The molecule has 0 spiro atoms. The summed E-state index contributed by atoms with van der Waals surface area (Å²) in [5.74, 6) is -1.39. The van der Waals surface area contributed by atoms with Gasteiger partial charge in [0.25, 0.3) is 0 Å². The smallest absolute Gasteiger partial charge is 0.349 e. The Morgan fingerprint density at radius 1 is 1.50 bits per heavy atom. The van der Waals surface area contributed by atoms with Crippen molar-refractivity contribution < 1.29 is 14.1 Å². The van der Waals surface area contributed by atoms with Crippen molar-refractivity contribution in [2.24, 2.45) is 0 Å². The zero-order valence-corrected chi connectivity index (χ0v) is 11.9. The van der Waals surface area contributed by atoms with Crippen molar-refractivity contribution in [3.63, 3.8) is 0 Å². The Hall–Kier alpha value is -2.00. The van der Waals surface area contributed by atoms with Gasteiger partial charge in [0.05, 0.1) is 14.4 Å². The first-order chi connectivity index (χ1) is 9.38. The van der Waals surface area contributed by atoms with Crippen LogP contribution in [0.4, 0.5) is 16.0 Å². The third kappa shape index (κ3) is 2.94. The number of hydrogen-bond acceptors (Lipinski definition) is 6. The second-order valence-electron chi connectivity index (χ2n) is 3.47. The van der Waals surface area contributed by atoms with E-state index in [1.807, 2.05) is 0 Å². The van der Waals surface area contributed by atoms with Gasteiger partial charge in [-0.05, 0) is 22.0 Å². The van der Waals surface area contributed by atoms with Gasteiger partial charge in [0, 0.05) is 6.07 Å². The van der Waals surface area contributed by atoms with E-state index in [4.69, 9.17) is 22.1 Å². The molecule has 0 atom stereocenters. The van der Waals surface area contributed by atoms with Crippen LogP contribution in [0, 0.1) is 15.9 Å². The Balaban J connectivity index is 2.47. The number of hydrogen-bond donors (Lipinski definition) is 1. The number of nitrogens with zero attached hydrogens (tertiary/aromatic N) is 3. The van der Waals surface area contributed by atoms with E-state index in [0.29, 0.717) is 4.47 Å². The molecule has 0 aliphatic carbocycles. The maximum atomic E-state index is 13.4. The van der Waals surface area contributed by atoms with Crippen LogP contribution in [-0.4, -0.2) is 14.9 Å². The minimum absolute atomic E-state index is 0.0342. The van der Waals surface area contributed by atoms with Gasteiger partial charge in [0.2, 0.25) is 5.95 Å². The number of nitrogens with two attached hydrogens (primary N) is 1. The molecule has 0 bridgehead atoms. The lowest BCUT2D eigenvalue weighted by molar-refractivity contribution is -0.386. The summed E-state index contributed by atoms with van der Waals surface area (Å²) in [5, 5.41) is 10.7. The largest absolute Gasteiger partial charge is 0.432 e. The fourth-order valence-electron chi connectivity index (χ4n) is 1.26. The Labute approximate surface area is 124 Å². The Morgan fingerprint density at radius 3 is 2.85 bits per heavy atom. The molecule has 104 valence electrons. The number of anilines is 1. The lowest BCUT2D eigenvalue weighted by atomic mass is 10.3. The molecule has 1 aromatic heterocycles. The van der Waals surface area contributed by atoms with Gasteiger partial charge in [0.15, 0.2) is 0 Å². The Morgan fingerprint density at radius 2 is 2.20 bits per heavy atom. The highest BCUT2D eigenvalue weighted by Crippen LogP contribution is 2.36. The number of nitrogen functional groups attached to an aromatic ring is 1. The molecule has 10 heteroatoms. The number of rotatable bonds is 3. The molecule has 0 radical (unpaired) electrons. The van der Waals surface area contributed by atoms with Crippen LogP contribution in [0.15, 0.2) is 22.8 Å². The zero-order chi connectivity index (χ0) is 14.9. The van der Waals surface area contributed by atoms with E-state index in [2.05, 4.69) is 25.9 Å². The minimum atomic E-state index is -0.741. The standard InChI is InChI=1S/C10H5BrClFN4O3/c11-4-1-5(12)6(13)2-8(4)20-9-7(17(18)19)3-15-10(14)16-9/h1-3H,(H2,14,15,16). The van der Waals surface area contributed by atoms with Crippen molar-refractivity contribution in [2.75, 3.05) is 5.73 Å². The molecule has 0 saturated heterocycles. The highest BCUT2D eigenvalue weighted by atomic mass is 79.9. The molecule has 1 heterocycles. The normalized spacial score (nSPS) is 10.3. The van der Waals surface area contributed by atoms with Crippen molar-refractivity contribution in [1.82, 2.24) is 9.97 Å². The van der Waals surface area contributed by atoms with Gasteiger partial charge >= 0.3 is 11.6 Å². The summed E-state index contributed by atoms with van der Waals surface area (Å²) >= 11 is 8.68. The highest BCUT2D eigenvalue weighted by Gasteiger charge is 2.20. The third-order valence-corrected chi connectivity index (χ3v) is 3.04. The van der Waals surface area contributed by atoms with Crippen LogP contribution < -0.4 is 10.5 Å². The molecule has 0 saturated carbocycles. The van der Waals surface area contributed by atoms with Crippen LogP contribution in [0.1, 0.15) is 0 Å². The van der Waals surface area contributed by atoms with Crippen molar-refractivity contribution >= 4 is 39.2 Å². The monoisotopic (exact) mass is 362 g/mol. The van der Waals surface area contributed by atoms with E-state index in [-0.39, 0.29) is 16.7 Å². The molecule has 2 rings (SSSR count). The summed E-state index contributed by atoms with van der Waals surface area (Å²) in [6.07, 6.45) is 0.901. The summed E-state index contributed by atoms with van der Waals surface area (Å²) in [6.45, 7) is 0. The molecule has 0 amide bonds. The van der Waals surface area contributed by atoms with E-state index in [0.717, 1.165) is 12.3 Å². The molecule has 2 N–H and O–H groups in total. The SMILES string of the molecule is Nc1ncc([N+](=O)[O-])c(Oc2cc(F)c(Cl)cc2Br)n1. The van der Waals surface area contributed by atoms with Crippen LogP contribution in [0.25, 0.3) is 0 Å². The van der Waals surface area contributed by atoms with Crippen LogP contribution in [0.5, 0.6) is 11.6 Å². The van der Waals surface area contributed by atoms with Gasteiger partial charge < -0.3 is 10.5 Å². The Bertz CT molecular complexity index is 700. The first kappa shape index (κ1) is 14.4. The van der Waals surface area contributed by atoms with Gasteiger partial charge in [-0.3, -0.25) is 10.1 Å². The number of ether oxygens (including phenoxy) is 1. The van der Waals surface area contributed by atoms with Crippen molar-refractivity contribution in [3.05, 3.63) is 43.8 Å². The summed E-state index contributed by atoms with van der Waals surface area (Å²) in [7, 11) is 0. The quantitative estimate of drug-likeness (QED) is 0.509. The van der Waals surface area contributed by atoms with Gasteiger partial charge in [-0.2, -0.15) is 4.98 Å². The number of benzene rings is 1. The van der Waals surface area contributed by atoms with E-state index < -0.39 is 22.3 Å². The number of nitro groups is 1. The summed E-state index contributed by atoms with van der Waals surface area (Å²) in [5.41, 5.74) is 4.84. The fraction of sp³-hybridized carbons (Fsp3) is 0. The summed E-state index contributed by atoms with van der Waals surface area (Å²) < 4.78 is 18.9. The lowest BCUT2D eigenvalue weighted by Crippen LogP contribution is -2.01. The number of aromatic nitrogens is 2. The molecule has 2 aromatic rings. The maximum Gasteiger partial charge on any atom is 0.349 e. The first-order valence-electron chi connectivity index (χ1n) is 4.98. The van der Waals surface area contributed by atoms with Crippen LogP contribution in [-0.2, 0) is 0 Å². The summed E-state index contributed by atoms with van der Waals surface area (Å²) in [4.78, 5) is 17.2. The van der Waals surface area contributed by atoms with Crippen LogP contribution in [0.2, 0.25) is 5.02 Å². The molecular weight excluding hydrogens is 358 g/mol. The lowest BCUT2D eigenvalue weighted by Gasteiger charge is -2.08. The van der Waals surface area contributed by atoms with Crippen molar-refractivity contribution in [3.8, 4) is 11.6 Å². The molecule has 0 aliphatic heterocycles. The first-order valence-corrected chi connectivity index (χ1v) is 6.15. The topological polar surface area (TPSA) is 104 Å². The molecule has 7 nitrogen and oxygen atoms in total. The second kappa shape index (κ2) is 5.55. The number of halogens is 3. The van der Waals surface area contributed by atoms with E-state index >= 15 is 0 Å². The molecule has 0 fully saturated rings. The zero-order valence-electron chi connectivity index (χ0n) is 9.51. The molecule has 1 aromatic carbocycles. The van der Waals surface area contributed by atoms with E-state index in [1.165, 1.54) is 6.07 Å². The minimum Gasteiger partial charge on any atom is -0.432 e. The molecule has 20 heavy (non-hydrogen) atoms. The average molecular weight is 364 g/mol. The maximum absolute atomic E-state index is 13.4. The van der Waals surface area contributed by atoms with Crippen molar-refractivity contribution in [2.45, 2.75) is 0 Å². The predicted octanol–water partition coefficient (Wildman–Crippen LogP) is 3.31. The Kier molecular flexibility index (Phi) is 4.00. The van der Waals surface area contributed by atoms with E-state index in [9.17, 15) is 14.5 Å². The van der Waals surface area contributed by atoms with Crippen LogP contribution >= 0.6 is 27.5 Å². The van der Waals surface area contributed by atoms with Gasteiger partial charge in [-0.25, -0.2) is 9.37 Å². The van der Waals surface area contributed by atoms with Gasteiger partial charge in [-0.1, -0.05) is 11.6 Å².